The molecule has 0 atom stereocenters. The number of sulfonamides is 1. The van der Waals surface area contributed by atoms with Gasteiger partial charge in [-0.05, 0) is 39.2 Å². The van der Waals surface area contributed by atoms with Crippen LogP contribution in [0, 0.1) is 6.92 Å². The number of hydrogen-bond donors (Lipinski definition) is 3. The normalized spacial score (nSPS) is 15.8. The van der Waals surface area contributed by atoms with Gasteiger partial charge in [-0.3, -0.25) is 5.10 Å². The van der Waals surface area contributed by atoms with E-state index in [-0.39, 0.29) is 5.75 Å². The van der Waals surface area contributed by atoms with Crippen LogP contribution < -0.4 is 10.0 Å². The van der Waals surface area contributed by atoms with Crippen LogP contribution in [0.1, 0.15) is 36.9 Å². The molecule has 1 aromatic rings. The van der Waals surface area contributed by atoms with Crippen molar-refractivity contribution in [2.45, 2.75) is 45.2 Å². The first-order valence-corrected chi connectivity index (χ1v) is 8.41. The number of unbranched alkanes of at least 4 members (excludes halogenated alkanes) is 1. The third-order valence-electron chi connectivity index (χ3n) is 3.27. The van der Waals surface area contributed by atoms with Gasteiger partial charge in [-0.1, -0.05) is 0 Å². The van der Waals surface area contributed by atoms with Crippen molar-refractivity contribution < 1.29 is 8.42 Å². The van der Waals surface area contributed by atoms with Gasteiger partial charge >= 0.3 is 0 Å². The van der Waals surface area contributed by atoms with Gasteiger partial charge in [0.15, 0.2) is 0 Å². The molecule has 1 saturated carbocycles. The van der Waals surface area contributed by atoms with E-state index in [9.17, 15) is 8.42 Å². The molecular formula is C12H22N4O2S. The number of H-pyrrole nitrogens is 1. The Kier molecular flexibility index (Phi) is 4.95. The molecule has 0 bridgehead atoms. The Morgan fingerprint density at radius 2 is 2.21 bits per heavy atom. The van der Waals surface area contributed by atoms with Gasteiger partial charge in [0.1, 0.15) is 0 Å². The van der Waals surface area contributed by atoms with Crippen LogP contribution in [0.3, 0.4) is 0 Å². The van der Waals surface area contributed by atoms with Gasteiger partial charge in [0, 0.05) is 23.8 Å². The molecule has 2 rings (SSSR count). The zero-order valence-corrected chi connectivity index (χ0v) is 12.1. The zero-order chi connectivity index (χ0) is 13.7. The van der Waals surface area contributed by atoms with E-state index < -0.39 is 10.0 Å². The summed E-state index contributed by atoms with van der Waals surface area (Å²) in [6.45, 7) is 3.10. The van der Waals surface area contributed by atoms with Crippen molar-refractivity contribution in [3.8, 4) is 0 Å². The molecule has 108 valence electrons. The van der Waals surface area contributed by atoms with Crippen LogP contribution >= 0.6 is 0 Å². The third kappa shape index (κ3) is 5.30. The van der Waals surface area contributed by atoms with Gasteiger partial charge in [-0.15, -0.1) is 0 Å². The van der Waals surface area contributed by atoms with Crippen LogP contribution in [0.5, 0.6) is 0 Å². The lowest BCUT2D eigenvalue weighted by atomic mass is 10.3. The van der Waals surface area contributed by atoms with E-state index in [0.717, 1.165) is 24.2 Å². The molecule has 0 unspecified atom stereocenters. The summed E-state index contributed by atoms with van der Waals surface area (Å²) in [5.41, 5.74) is 1.79. The first-order chi connectivity index (χ1) is 9.07. The van der Waals surface area contributed by atoms with E-state index in [1.165, 1.54) is 12.8 Å². The quantitative estimate of drug-likeness (QED) is 0.582. The number of aromatic amines is 1. The number of aromatic nitrogens is 2. The summed E-state index contributed by atoms with van der Waals surface area (Å²) in [7, 11) is -3.18. The minimum absolute atomic E-state index is 0.191. The molecule has 1 heterocycles. The van der Waals surface area contributed by atoms with Crippen LogP contribution in [0.15, 0.2) is 6.20 Å². The Morgan fingerprint density at radius 1 is 1.42 bits per heavy atom. The van der Waals surface area contributed by atoms with Gasteiger partial charge in [-0.2, -0.15) is 5.10 Å². The van der Waals surface area contributed by atoms with E-state index in [2.05, 4.69) is 20.2 Å². The number of aryl methyl sites for hydroxylation is 1. The SMILES string of the molecule is Cc1[nH]ncc1CNS(=O)(=O)CCCCNC1CC1. The molecule has 0 saturated heterocycles. The molecule has 0 aromatic carbocycles. The van der Waals surface area contributed by atoms with Crippen molar-refractivity contribution in [3.63, 3.8) is 0 Å². The topological polar surface area (TPSA) is 86.9 Å². The second-order valence-electron chi connectivity index (χ2n) is 5.10. The van der Waals surface area contributed by atoms with Crippen molar-refractivity contribution in [2.24, 2.45) is 0 Å². The number of nitrogens with one attached hydrogen (secondary N) is 3. The molecule has 1 aliphatic rings. The number of nitrogens with zero attached hydrogens (tertiary/aromatic N) is 1. The summed E-state index contributed by atoms with van der Waals surface area (Å²) in [6, 6.07) is 0.693. The van der Waals surface area contributed by atoms with E-state index in [1.54, 1.807) is 6.20 Å². The summed E-state index contributed by atoms with van der Waals surface area (Å²) in [6.07, 6.45) is 5.78. The van der Waals surface area contributed by atoms with E-state index >= 15 is 0 Å². The van der Waals surface area contributed by atoms with E-state index in [0.29, 0.717) is 19.0 Å². The fourth-order valence-electron chi connectivity index (χ4n) is 1.82. The smallest absolute Gasteiger partial charge is 0.211 e. The maximum Gasteiger partial charge on any atom is 0.211 e. The summed E-state index contributed by atoms with van der Waals surface area (Å²) in [5, 5.41) is 10.0. The molecule has 6 nitrogen and oxygen atoms in total. The van der Waals surface area contributed by atoms with Crippen LogP contribution in [-0.4, -0.2) is 37.0 Å². The lowest BCUT2D eigenvalue weighted by molar-refractivity contribution is 0.572. The molecule has 0 aliphatic heterocycles. The summed E-state index contributed by atoms with van der Waals surface area (Å²) < 4.78 is 26.2. The van der Waals surface area contributed by atoms with Gasteiger partial charge < -0.3 is 5.32 Å². The molecule has 0 radical (unpaired) electrons. The Bertz CT molecular complexity index is 494. The summed E-state index contributed by atoms with van der Waals surface area (Å²) in [5.74, 6) is 0.191. The van der Waals surface area contributed by atoms with Crippen molar-refractivity contribution in [2.75, 3.05) is 12.3 Å². The Hall–Kier alpha value is -0.920. The molecule has 0 spiro atoms. The van der Waals surface area contributed by atoms with Gasteiger partial charge in [0.25, 0.3) is 0 Å². The van der Waals surface area contributed by atoms with Gasteiger partial charge in [0.05, 0.1) is 11.9 Å². The fourth-order valence-corrected chi connectivity index (χ4v) is 2.93. The second kappa shape index (κ2) is 6.49. The predicted octanol–water partition coefficient (Wildman–Crippen LogP) is 0.670. The molecular weight excluding hydrogens is 264 g/mol. The van der Waals surface area contributed by atoms with E-state index in [4.69, 9.17) is 0 Å². The van der Waals surface area contributed by atoms with Crippen molar-refractivity contribution in [1.29, 1.82) is 0 Å². The van der Waals surface area contributed by atoms with E-state index in [1.807, 2.05) is 6.92 Å². The summed E-state index contributed by atoms with van der Waals surface area (Å²) in [4.78, 5) is 0. The van der Waals surface area contributed by atoms with Crippen molar-refractivity contribution >= 4 is 10.0 Å². The maximum atomic E-state index is 11.8. The molecule has 1 aliphatic carbocycles. The first kappa shape index (κ1) is 14.5. The first-order valence-electron chi connectivity index (χ1n) is 6.76. The summed E-state index contributed by atoms with van der Waals surface area (Å²) >= 11 is 0. The van der Waals surface area contributed by atoms with Gasteiger partial charge in [0.2, 0.25) is 10.0 Å². The lowest BCUT2D eigenvalue weighted by Crippen LogP contribution is -2.26. The van der Waals surface area contributed by atoms with Crippen molar-refractivity contribution in [1.82, 2.24) is 20.2 Å². The predicted molar refractivity (Wildman–Crippen MR) is 74.2 cm³/mol. The number of rotatable bonds is 9. The average Bonchev–Trinajstić information content (AvgIpc) is 3.08. The van der Waals surface area contributed by atoms with Crippen LogP contribution in [-0.2, 0) is 16.6 Å². The highest BCUT2D eigenvalue weighted by molar-refractivity contribution is 7.89. The fraction of sp³-hybridized carbons (Fsp3) is 0.750. The van der Waals surface area contributed by atoms with Gasteiger partial charge in [-0.25, -0.2) is 13.1 Å². The zero-order valence-electron chi connectivity index (χ0n) is 11.3. The molecule has 3 N–H and O–H groups in total. The highest BCUT2D eigenvalue weighted by atomic mass is 32.2. The third-order valence-corrected chi connectivity index (χ3v) is 4.68. The monoisotopic (exact) mass is 286 g/mol. The number of hydrogen-bond acceptors (Lipinski definition) is 4. The molecule has 7 heteroatoms. The average molecular weight is 286 g/mol. The Labute approximate surface area is 114 Å². The highest BCUT2D eigenvalue weighted by Gasteiger charge is 2.19. The molecule has 0 amide bonds. The largest absolute Gasteiger partial charge is 0.314 e. The molecule has 1 aromatic heterocycles. The Balaban J connectivity index is 1.62. The molecule has 1 fully saturated rings. The highest BCUT2D eigenvalue weighted by Crippen LogP contribution is 2.18. The van der Waals surface area contributed by atoms with Crippen LogP contribution in [0.25, 0.3) is 0 Å². The van der Waals surface area contributed by atoms with Crippen LogP contribution in [0.4, 0.5) is 0 Å². The lowest BCUT2D eigenvalue weighted by Gasteiger charge is -2.06. The standard InChI is InChI=1S/C12H22N4O2S/c1-10-11(8-14-16-10)9-15-19(17,18)7-3-2-6-13-12-4-5-12/h8,12-13,15H,2-7,9H2,1H3,(H,14,16). The molecule has 19 heavy (non-hydrogen) atoms. The van der Waals surface area contributed by atoms with Crippen molar-refractivity contribution in [3.05, 3.63) is 17.5 Å². The Morgan fingerprint density at radius 3 is 2.84 bits per heavy atom. The second-order valence-corrected chi connectivity index (χ2v) is 7.02. The maximum absolute atomic E-state index is 11.8. The minimum atomic E-state index is -3.18. The minimum Gasteiger partial charge on any atom is -0.314 e. The van der Waals surface area contributed by atoms with Crippen LogP contribution in [0.2, 0.25) is 0 Å².